The van der Waals surface area contributed by atoms with Gasteiger partial charge in [-0.1, -0.05) is 56.3 Å². The molecule has 1 saturated heterocycles. The number of amides is 1. The molecule has 3 aromatic rings. The highest BCUT2D eigenvalue weighted by molar-refractivity contribution is 7.92. The maximum absolute atomic E-state index is 13.4. The van der Waals surface area contributed by atoms with Gasteiger partial charge in [0.05, 0.1) is 11.0 Å². The number of fused-ring (bicyclic) bond motifs is 1. The molecule has 0 bridgehead atoms. The largest absolute Gasteiger partial charge is 0.342 e. The molecule has 0 radical (unpaired) electrons. The number of para-hydroxylation sites is 2. The second kappa shape index (κ2) is 9.89. The van der Waals surface area contributed by atoms with Gasteiger partial charge in [-0.3, -0.25) is 4.79 Å². The first-order chi connectivity index (χ1) is 15.8. The third-order valence-electron chi connectivity index (χ3n) is 5.99. The minimum absolute atomic E-state index is 0.0949. The number of piperidine rings is 1. The summed E-state index contributed by atoms with van der Waals surface area (Å²) in [6.45, 7) is 4.84. The van der Waals surface area contributed by atoms with Gasteiger partial charge in [-0.2, -0.15) is 4.72 Å². The van der Waals surface area contributed by atoms with Crippen LogP contribution >= 0.6 is 0 Å². The smallest absolute Gasteiger partial charge is 0.241 e. The van der Waals surface area contributed by atoms with E-state index >= 15 is 0 Å². The molecular formula is C25H30N4O3S. The van der Waals surface area contributed by atoms with Gasteiger partial charge in [-0.05, 0) is 42.5 Å². The number of sulfonamides is 1. The highest BCUT2D eigenvalue weighted by Crippen LogP contribution is 2.27. The number of hydrogen-bond donors (Lipinski definition) is 2. The fourth-order valence-corrected chi connectivity index (χ4v) is 5.33. The van der Waals surface area contributed by atoms with Crippen molar-refractivity contribution in [3.05, 3.63) is 71.4 Å². The lowest BCUT2D eigenvalue weighted by Crippen LogP contribution is -2.52. The maximum Gasteiger partial charge on any atom is 0.241 e. The summed E-state index contributed by atoms with van der Waals surface area (Å²) in [5, 5.41) is 1.12. The number of benzene rings is 2. The van der Waals surface area contributed by atoms with E-state index in [1.54, 1.807) is 4.90 Å². The van der Waals surface area contributed by atoms with E-state index in [9.17, 15) is 13.2 Å². The first kappa shape index (κ1) is 23.2. The molecule has 1 amide bonds. The minimum Gasteiger partial charge on any atom is -0.342 e. The van der Waals surface area contributed by atoms with Crippen molar-refractivity contribution < 1.29 is 13.2 Å². The maximum atomic E-state index is 13.4. The molecule has 33 heavy (non-hydrogen) atoms. The molecule has 0 aliphatic carbocycles. The molecule has 2 aromatic carbocycles. The van der Waals surface area contributed by atoms with Gasteiger partial charge in [-0.25, -0.2) is 13.4 Å². The summed E-state index contributed by atoms with van der Waals surface area (Å²) in [5.41, 5.74) is 2.67. The molecule has 1 unspecified atom stereocenters. The van der Waals surface area contributed by atoms with Crippen LogP contribution in [0.15, 0.2) is 60.0 Å². The number of nitrogens with one attached hydrogen (secondary N) is 2. The van der Waals surface area contributed by atoms with Crippen molar-refractivity contribution in [2.45, 2.75) is 38.6 Å². The predicted molar refractivity (Wildman–Crippen MR) is 131 cm³/mol. The van der Waals surface area contributed by atoms with Gasteiger partial charge in [0.15, 0.2) is 0 Å². The van der Waals surface area contributed by atoms with Crippen molar-refractivity contribution in [2.24, 2.45) is 5.92 Å². The van der Waals surface area contributed by atoms with E-state index in [0.717, 1.165) is 40.7 Å². The Morgan fingerprint density at radius 1 is 1.15 bits per heavy atom. The van der Waals surface area contributed by atoms with Crippen LogP contribution in [0.1, 0.15) is 44.0 Å². The van der Waals surface area contributed by atoms with Gasteiger partial charge in [0.1, 0.15) is 11.9 Å². The van der Waals surface area contributed by atoms with Gasteiger partial charge >= 0.3 is 0 Å². The molecule has 174 valence electrons. The van der Waals surface area contributed by atoms with Crippen LogP contribution in [0.5, 0.6) is 0 Å². The summed E-state index contributed by atoms with van der Waals surface area (Å²) < 4.78 is 28.0. The molecule has 7 nitrogen and oxygen atoms in total. The topological polar surface area (TPSA) is 95.2 Å². The van der Waals surface area contributed by atoms with Gasteiger partial charge in [0.25, 0.3) is 0 Å². The summed E-state index contributed by atoms with van der Waals surface area (Å²) in [6.07, 6.45) is 3.31. The summed E-state index contributed by atoms with van der Waals surface area (Å²) >= 11 is 0. The van der Waals surface area contributed by atoms with Crippen molar-refractivity contribution >= 4 is 33.0 Å². The molecule has 8 heteroatoms. The first-order valence-corrected chi connectivity index (χ1v) is 12.9. The lowest BCUT2D eigenvalue weighted by Gasteiger charge is -2.35. The van der Waals surface area contributed by atoms with Crippen molar-refractivity contribution in [2.75, 3.05) is 13.1 Å². The number of aromatic nitrogens is 2. The average Bonchev–Trinajstić information content (AvgIpc) is 3.26. The quantitative estimate of drug-likeness (QED) is 0.552. The molecular weight excluding hydrogens is 436 g/mol. The fraction of sp³-hybridized carbons (Fsp3) is 0.360. The summed E-state index contributed by atoms with van der Waals surface area (Å²) in [7, 11) is -3.79. The fourth-order valence-electron chi connectivity index (χ4n) is 4.18. The lowest BCUT2D eigenvalue weighted by atomic mass is 9.95. The number of imidazole rings is 1. The number of carbonyl (C=O) groups is 1. The van der Waals surface area contributed by atoms with Crippen molar-refractivity contribution in [1.82, 2.24) is 19.6 Å². The number of rotatable bonds is 7. The Balaban J connectivity index is 1.47. The van der Waals surface area contributed by atoms with Crippen LogP contribution < -0.4 is 4.72 Å². The summed E-state index contributed by atoms with van der Waals surface area (Å²) in [4.78, 5) is 23.2. The standard InChI is InChI=1S/C25H30N4O3S/c1-18(2)23(28-33(31,32)16-14-19-9-4-3-5-10-19)25(30)29-15-8-11-20(17-29)24-26-21-12-6-7-13-22(21)27-24/h3-7,9-10,12-14,16,18,20,23,28H,8,11,15,17H2,1-2H3,(H,26,27)/b16-14+/t20?,23-/m0/s1. The Labute approximate surface area is 195 Å². The highest BCUT2D eigenvalue weighted by atomic mass is 32.2. The van der Waals surface area contributed by atoms with Crippen LogP contribution in [0, 0.1) is 5.92 Å². The highest BCUT2D eigenvalue weighted by Gasteiger charge is 2.34. The van der Waals surface area contributed by atoms with E-state index in [0.29, 0.717) is 13.1 Å². The molecule has 1 aliphatic rings. The molecule has 1 aliphatic heterocycles. The monoisotopic (exact) mass is 466 g/mol. The molecule has 2 atom stereocenters. The van der Waals surface area contributed by atoms with Gasteiger partial charge in [0.2, 0.25) is 15.9 Å². The van der Waals surface area contributed by atoms with E-state index in [-0.39, 0.29) is 17.7 Å². The summed E-state index contributed by atoms with van der Waals surface area (Å²) in [5.74, 6) is 0.588. The van der Waals surface area contributed by atoms with Crippen molar-refractivity contribution in [3.8, 4) is 0 Å². The summed E-state index contributed by atoms with van der Waals surface area (Å²) in [6, 6.07) is 16.2. The molecule has 2 N–H and O–H groups in total. The zero-order valence-electron chi connectivity index (χ0n) is 18.9. The van der Waals surface area contributed by atoms with Crippen LogP contribution in [-0.2, 0) is 14.8 Å². The van der Waals surface area contributed by atoms with E-state index in [1.165, 1.54) is 6.08 Å². The second-order valence-corrected chi connectivity index (χ2v) is 10.5. The Hall–Kier alpha value is -2.97. The Bertz CT molecular complexity index is 1200. The second-order valence-electron chi connectivity index (χ2n) is 8.86. The normalized spacial score (nSPS) is 18.3. The van der Waals surface area contributed by atoms with Crippen LogP contribution in [0.2, 0.25) is 0 Å². The lowest BCUT2D eigenvalue weighted by molar-refractivity contribution is -0.135. The third kappa shape index (κ3) is 5.69. The molecule has 2 heterocycles. The number of H-pyrrole nitrogens is 1. The minimum atomic E-state index is -3.79. The third-order valence-corrected chi connectivity index (χ3v) is 7.07. The zero-order valence-corrected chi connectivity index (χ0v) is 19.8. The van der Waals surface area contributed by atoms with Crippen LogP contribution in [0.4, 0.5) is 0 Å². The van der Waals surface area contributed by atoms with Gasteiger partial charge in [0, 0.05) is 24.4 Å². The van der Waals surface area contributed by atoms with E-state index in [4.69, 9.17) is 4.98 Å². The Morgan fingerprint density at radius 2 is 1.88 bits per heavy atom. The van der Waals surface area contributed by atoms with Gasteiger partial charge < -0.3 is 9.88 Å². The van der Waals surface area contributed by atoms with Crippen molar-refractivity contribution in [1.29, 1.82) is 0 Å². The van der Waals surface area contributed by atoms with E-state index in [1.807, 2.05) is 68.4 Å². The Morgan fingerprint density at radius 3 is 2.61 bits per heavy atom. The molecule has 4 rings (SSSR count). The number of aromatic amines is 1. The number of hydrogen-bond acceptors (Lipinski definition) is 4. The van der Waals surface area contributed by atoms with E-state index < -0.39 is 16.1 Å². The molecule has 1 fully saturated rings. The average molecular weight is 467 g/mol. The van der Waals surface area contributed by atoms with Crippen LogP contribution in [0.25, 0.3) is 17.1 Å². The predicted octanol–water partition coefficient (Wildman–Crippen LogP) is 3.88. The number of likely N-dealkylation sites (tertiary alicyclic amines) is 1. The Kier molecular flexibility index (Phi) is 6.95. The van der Waals surface area contributed by atoms with Gasteiger partial charge in [-0.15, -0.1) is 0 Å². The first-order valence-electron chi connectivity index (χ1n) is 11.3. The van der Waals surface area contributed by atoms with Crippen LogP contribution in [-0.4, -0.2) is 48.3 Å². The number of carbonyl (C=O) groups excluding carboxylic acids is 1. The van der Waals surface area contributed by atoms with E-state index in [2.05, 4.69) is 9.71 Å². The number of nitrogens with zero attached hydrogens (tertiary/aromatic N) is 2. The zero-order chi connectivity index (χ0) is 23.4. The van der Waals surface area contributed by atoms with Crippen molar-refractivity contribution in [3.63, 3.8) is 0 Å². The molecule has 0 saturated carbocycles. The SMILES string of the molecule is CC(C)[C@H](NS(=O)(=O)/C=C/c1ccccc1)C(=O)N1CCCC(c2nc3ccccc3[nH]2)C1. The molecule has 1 aromatic heterocycles. The van der Waals surface area contributed by atoms with Crippen LogP contribution in [0.3, 0.4) is 0 Å². The molecule has 0 spiro atoms.